The Hall–Kier alpha value is -2.99. The predicted octanol–water partition coefficient (Wildman–Crippen LogP) is 4.52. The Morgan fingerprint density at radius 2 is 1.96 bits per heavy atom. The van der Waals surface area contributed by atoms with Crippen molar-refractivity contribution in [2.45, 2.75) is 12.8 Å². The van der Waals surface area contributed by atoms with Crippen molar-refractivity contribution in [3.63, 3.8) is 0 Å². The zero-order valence-electron chi connectivity index (χ0n) is 13.3. The molecule has 2 aromatic heterocycles. The van der Waals surface area contributed by atoms with Gasteiger partial charge in [-0.2, -0.15) is 0 Å². The Bertz CT molecular complexity index is 958. The second-order valence-corrected chi connectivity index (χ2v) is 6.62. The first-order valence-electron chi connectivity index (χ1n) is 7.91. The lowest BCUT2D eigenvalue weighted by atomic mass is 10.2. The first-order chi connectivity index (χ1) is 12.3. The molecule has 0 radical (unpaired) electrons. The summed E-state index contributed by atoms with van der Waals surface area (Å²) in [6.07, 6.45) is 3.85. The molecule has 4 rings (SSSR count). The number of nitrogens with one attached hydrogen (secondary N) is 1. The van der Waals surface area contributed by atoms with Gasteiger partial charge in [-0.3, -0.25) is 4.79 Å². The third-order valence-electron chi connectivity index (χ3n) is 3.80. The van der Waals surface area contributed by atoms with Crippen LogP contribution in [0.4, 0.5) is 5.69 Å². The number of fused-ring (bicyclic) bond motifs is 1. The highest BCUT2D eigenvalue weighted by Crippen LogP contribution is 2.30. The predicted molar refractivity (Wildman–Crippen MR) is 98.5 cm³/mol. The van der Waals surface area contributed by atoms with Gasteiger partial charge in [0.05, 0.1) is 15.9 Å². The highest BCUT2D eigenvalue weighted by atomic mass is 32.1. The molecule has 0 saturated heterocycles. The van der Waals surface area contributed by atoms with Crippen LogP contribution in [0.3, 0.4) is 0 Å². The summed E-state index contributed by atoms with van der Waals surface area (Å²) >= 11 is 1.66. The van der Waals surface area contributed by atoms with E-state index in [1.165, 1.54) is 11.1 Å². The summed E-state index contributed by atoms with van der Waals surface area (Å²) in [4.78, 5) is 20.7. The number of benzene rings is 2. The summed E-state index contributed by atoms with van der Waals surface area (Å²) in [6, 6.07) is 15.8. The average molecular weight is 349 g/mol. The van der Waals surface area contributed by atoms with E-state index in [9.17, 15) is 4.79 Å². The molecule has 6 heteroatoms. The van der Waals surface area contributed by atoms with Crippen molar-refractivity contribution < 1.29 is 9.21 Å². The van der Waals surface area contributed by atoms with Crippen molar-refractivity contribution in [2.75, 3.05) is 5.32 Å². The van der Waals surface area contributed by atoms with Gasteiger partial charge in [0.1, 0.15) is 11.3 Å². The van der Waals surface area contributed by atoms with Crippen molar-refractivity contribution in [3.05, 3.63) is 66.9 Å². The Morgan fingerprint density at radius 3 is 2.72 bits per heavy atom. The Kier molecular flexibility index (Phi) is 4.26. The Balaban J connectivity index is 1.42. The van der Waals surface area contributed by atoms with Gasteiger partial charge in [-0.25, -0.2) is 9.97 Å². The first kappa shape index (κ1) is 15.5. The number of hydrogen-bond acceptors (Lipinski definition) is 5. The van der Waals surface area contributed by atoms with Crippen LogP contribution >= 0.6 is 11.3 Å². The monoisotopic (exact) mass is 349 g/mol. The minimum absolute atomic E-state index is 0.0456. The molecule has 0 aliphatic rings. The SMILES string of the molecule is O=C(CCc1cocn1)Nc1ccc(-c2nc3ccccc3s2)cc1. The number of para-hydroxylation sites is 1. The van der Waals surface area contributed by atoms with Crippen LogP contribution in [-0.4, -0.2) is 15.9 Å². The molecule has 0 saturated carbocycles. The first-order valence-corrected chi connectivity index (χ1v) is 8.72. The van der Waals surface area contributed by atoms with Crippen molar-refractivity contribution in [3.8, 4) is 10.6 Å². The number of carbonyl (C=O) groups is 1. The number of hydrogen-bond donors (Lipinski definition) is 1. The summed E-state index contributed by atoms with van der Waals surface area (Å²) in [5, 5.41) is 3.87. The molecule has 0 unspecified atom stereocenters. The lowest BCUT2D eigenvalue weighted by Gasteiger charge is -2.05. The summed E-state index contributed by atoms with van der Waals surface area (Å²) in [6.45, 7) is 0. The molecule has 0 fully saturated rings. The number of amides is 1. The third-order valence-corrected chi connectivity index (χ3v) is 4.89. The van der Waals surface area contributed by atoms with Crippen LogP contribution in [-0.2, 0) is 11.2 Å². The molecule has 1 N–H and O–H groups in total. The van der Waals surface area contributed by atoms with Gasteiger partial charge in [-0.05, 0) is 36.4 Å². The van der Waals surface area contributed by atoms with Crippen LogP contribution < -0.4 is 5.32 Å². The molecule has 0 bridgehead atoms. The topological polar surface area (TPSA) is 68.0 Å². The summed E-state index contributed by atoms with van der Waals surface area (Å²) in [5.74, 6) is -0.0456. The number of nitrogens with zero attached hydrogens (tertiary/aromatic N) is 2. The molecular formula is C19H15N3O2S. The minimum atomic E-state index is -0.0456. The van der Waals surface area contributed by atoms with Gasteiger partial charge >= 0.3 is 0 Å². The van der Waals surface area contributed by atoms with E-state index in [2.05, 4.69) is 21.4 Å². The fourth-order valence-corrected chi connectivity index (χ4v) is 3.49. The number of aromatic nitrogens is 2. The fourth-order valence-electron chi connectivity index (χ4n) is 2.52. The van der Waals surface area contributed by atoms with E-state index < -0.39 is 0 Å². The van der Waals surface area contributed by atoms with Crippen LogP contribution in [0.1, 0.15) is 12.1 Å². The number of thiazole rings is 1. The number of aryl methyl sites for hydroxylation is 1. The minimum Gasteiger partial charge on any atom is -0.451 e. The smallest absolute Gasteiger partial charge is 0.224 e. The number of carbonyl (C=O) groups excluding carboxylic acids is 1. The molecule has 4 aromatic rings. The lowest BCUT2D eigenvalue weighted by Crippen LogP contribution is -2.12. The van der Waals surface area contributed by atoms with Crippen molar-refractivity contribution >= 4 is 33.1 Å². The normalized spacial score (nSPS) is 10.9. The Labute approximate surface area is 148 Å². The molecular weight excluding hydrogens is 334 g/mol. The van der Waals surface area contributed by atoms with E-state index in [1.807, 2.05) is 42.5 Å². The quantitative estimate of drug-likeness (QED) is 0.575. The van der Waals surface area contributed by atoms with Crippen molar-refractivity contribution in [2.24, 2.45) is 0 Å². The van der Waals surface area contributed by atoms with E-state index in [4.69, 9.17) is 4.42 Å². The summed E-state index contributed by atoms with van der Waals surface area (Å²) < 4.78 is 6.06. The van der Waals surface area contributed by atoms with Crippen LogP contribution in [0.15, 0.2) is 65.6 Å². The van der Waals surface area contributed by atoms with E-state index in [1.54, 1.807) is 17.6 Å². The maximum absolute atomic E-state index is 12.0. The molecule has 124 valence electrons. The number of oxazole rings is 1. The second-order valence-electron chi connectivity index (χ2n) is 5.59. The zero-order valence-corrected chi connectivity index (χ0v) is 14.1. The van der Waals surface area contributed by atoms with E-state index in [0.29, 0.717) is 12.8 Å². The molecule has 25 heavy (non-hydrogen) atoms. The van der Waals surface area contributed by atoms with E-state index >= 15 is 0 Å². The summed E-state index contributed by atoms with van der Waals surface area (Å²) in [7, 11) is 0. The molecule has 2 aromatic carbocycles. The average Bonchev–Trinajstić information content (AvgIpc) is 3.30. The van der Waals surface area contributed by atoms with Gasteiger partial charge in [-0.1, -0.05) is 12.1 Å². The second kappa shape index (κ2) is 6.86. The maximum atomic E-state index is 12.0. The van der Waals surface area contributed by atoms with Crippen LogP contribution in [0.2, 0.25) is 0 Å². The van der Waals surface area contributed by atoms with Gasteiger partial charge < -0.3 is 9.73 Å². The molecule has 0 atom stereocenters. The zero-order chi connectivity index (χ0) is 17.1. The van der Waals surface area contributed by atoms with Gasteiger partial charge in [-0.15, -0.1) is 11.3 Å². The molecule has 1 amide bonds. The maximum Gasteiger partial charge on any atom is 0.224 e. The lowest BCUT2D eigenvalue weighted by molar-refractivity contribution is -0.116. The van der Waals surface area contributed by atoms with Gasteiger partial charge in [0.15, 0.2) is 6.39 Å². The van der Waals surface area contributed by atoms with Gasteiger partial charge in [0.25, 0.3) is 0 Å². The standard InChI is InChI=1S/C19H15N3O2S/c23-18(10-9-15-11-24-12-20-15)21-14-7-5-13(6-8-14)19-22-16-3-1-2-4-17(16)25-19/h1-8,11-12H,9-10H2,(H,21,23). The Morgan fingerprint density at radius 1 is 1.12 bits per heavy atom. The fraction of sp³-hybridized carbons (Fsp3) is 0.105. The highest BCUT2D eigenvalue weighted by molar-refractivity contribution is 7.21. The number of rotatable bonds is 5. The van der Waals surface area contributed by atoms with Gasteiger partial charge in [0.2, 0.25) is 5.91 Å². The molecule has 0 aliphatic carbocycles. The largest absolute Gasteiger partial charge is 0.451 e. The van der Waals surface area contributed by atoms with Crippen molar-refractivity contribution in [1.82, 2.24) is 9.97 Å². The van der Waals surface area contributed by atoms with Crippen molar-refractivity contribution in [1.29, 1.82) is 0 Å². The van der Waals surface area contributed by atoms with Crippen LogP contribution in [0.5, 0.6) is 0 Å². The van der Waals surface area contributed by atoms with Gasteiger partial charge in [0, 0.05) is 24.1 Å². The van der Waals surface area contributed by atoms with Crippen LogP contribution in [0.25, 0.3) is 20.8 Å². The van der Waals surface area contributed by atoms with E-state index in [0.717, 1.165) is 27.5 Å². The summed E-state index contributed by atoms with van der Waals surface area (Å²) in [5.41, 5.74) is 3.60. The molecule has 5 nitrogen and oxygen atoms in total. The van der Waals surface area contributed by atoms with E-state index in [-0.39, 0.29) is 5.91 Å². The third kappa shape index (κ3) is 3.59. The van der Waals surface area contributed by atoms with Crippen LogP contribution in [0, 0.1) is 0 Å². The molecule has 2 heterocycles. The number of anilines is 1. The molecule has 0 aliphatic heterocycles. The molecule has 0 spiro atoms. The highest BCUT2D eigenvalue weighted by Gasteiger charge is 2.08.